The van der Waals surface area contributed by atoms with Crippen molar-refractivity contribution in [2.45, 2.75) is 26.8 Å². The van der Waals surface area contributed by atoms with Crippen LogP contribution in [0.3, 0.4) is 0 Å². The van der Waals surface area contributed by atoms with Crippen LogP contribution in [-0.2, 0) is 4.74 Å². The van der Waals surface area contributed by atoms with Crippen molar-refractivity contribution in [3.8, 4) is 0 Å². The number of benzene rings is 1. The van der Waals surface area contributed by atoms with Crippen LogP contribution < -0.4 is 5.32 Å². The number of rotatable bonds is 1. The number of amides is 1. The normalized spacial score (nSPS) is 22.8. The number of nitrogens with one attached hydrogen (secondary N) is 1. The fourth-order valence-corrected chi connectivity index (χ4v) is 2.38. The fourth-order valence-electron chi connectivity index (χ4n) is 2.15. The number of carbonyl (C=O) groups is 1. The Morgan fingerprint density at radius 2 is 2.18 bits per heavy atom. The van der Waals surface area contributed by atoms with Crippen molar-refractivity contribution in [2.75, 3.05) is 6.61 Å². The zero-order valence-electron chi connectivity index (χ0n) is 10.2. The van der Waals surface area contributed by atoms with Crippen molar-refractivity contribution in [3.63, 3.8) is 0 Å². The minimum atomic E-state index is -0.358. The molecule has 0 saturated carbocycles. The zero-order chi connectivity index (χ0) is 12.6. The predicted octanol–water partition coefficient (Wildman–Crippen LogP) is 3.46. The lowest BCUT2D eigenvalue weighted by Gasteiger charge is -2.39. The predicted molar refractivity (Wildman–Crippen MR) is 67.2 cm³/mol. The Balaban J connectivity index is 2.39. The van der Waals surface area contributed by atoms with E-state index in [2.05, 4.69) is 19.2 Å². The molecule has 3 nitrogen and oxygen atoms in total. The average molecular weight is 254 g/mol. The lowest BCUT2D eigenvalue weighted by molar-refractivity contribution is 0.0386. The van der Waals surface area contributed by atoms with E-state index in [4.69, 9.17) is 16.3 Å². The third-order valence-corrected chi connectivity index (χ3v) is 3.40. The lowest BCUT2D eigenvalue weighted by Crippen LogP contribution is -2.47. The molecule has 1 heterocycles. The van der Waals surface area contributed by atoms with Gasteiger partial charge in [0.25, 0.3) is 0 Å². The van der Waals surface area contributed by atoms with Gasteiger partial charge >= 0.3 is 6.09 Å². The van der Waals surface area contributed by atoms with Gasteiger partial charge in [0.1, 0.15) is 6.61 Å². The third kappa shape index (κ3) is 2.39. The largest absolute Gasteiger partial charge is 0.449 e. The molecule has 17 heavy (non-hydrogen) atoms. The summed E-state index contributed by atoms with van der Waals surface area (Å²) in [5.41, 5.74) is 2.04. The van der Waals surface area contributed by atoms with Crippen molar-refractivity contribution in [1.82, 2.24) is 5.32 Å². The van der Waals surface area contributed by atoms with Gasteiger partial charge in [-0.15, -0.1) is 0 Å². The van der Waals surface area contributed by atoms with Crippen LogP contribution >= 0.6 is 11.6 Å². The van der Waals surface area contributed by atoms with E-state index in [9.17, 15) is 4.79 Å². The topological polar surface area (TPSA) is 38.3 Å². The van der Waals surface area contributed by atoms with Crippen LogP contribution in [0.2, 0.25) is 5.02 Å². The van der Waals surface area contributed by atoms with Gasteiger partial charge in [0.2, 0.25) is 0 Å². The van der Waals surface area contributed by atoms with Gasteiger partial charge in [-0.25, -0.2) is 4.79 Å². The van der Waals surface area contributed by atoms with E-state index in [0.29, 0.717) is 11.6 Å². The summed E-state index contributed by atoms with van der Waals surface area (Å²) in [5.74, 6) is 0. The molecule has 1 saturated heterocycles. The van der Waals surface area contributed by atoms with Gasteiger partial charge in [-0.05, 0) is 30.2 Å². The van der Waals surface area contributed by atoms with E-state index in [1.54, 1.807) is 0 Å². The molecular weight excluding hydrogens is 238 g/mol. The van der Waals surface area contributed by atoms with Gasteiger partial charge in [0.05, 0.1) is 6.04 Å². The minimum absolute atomic E-state index is 0.0407. The molecule has 0 spiro atoms. The second-order valence-corrected chi connectivity index (χ2v) is 5.58. The number of carbonyl (C=O) groups excluding carboxylic acids is 1. The summed E-state index contributed by atoms with van der Waals surface area (Å²) >= 11 is 5.94. The molecule has 1 fully saturated rings. The molecule has 0 unspecified atom stereocenters. The molecule has 92 valence electrons. The first-order valence-electron chi connectivity index (χ1n) is 5.59. The monoisotopic (exact) mass is 253 g/mol. The van der Waals surface area contributed by atoms with Crippen molar-refractivity contribution in [2.24, 2.45) is 5.41 Å². The highest BCUT2D eigenvalue weighted by Crippen LogP contribution is 2.38. The average Bonchev–Trinajstić information content (AvgIpc) is 2.23. The zero-order valence-corrected chi connectivity index (χ0v) is 11.0. The standard InChI is InChI=1S/C13H16ClNO2/c1-8-6-9(14)4-5-10(8)11-13(2,3)7-17-12(16)15-11/h4-6,11H,7H2,1-3H3,(H,15,16)/t11-/m1/s1. The second-order valence-electron chi connectivity index (χ2n) is 5.14. The Hall–Kier alpha value is -1.22. The summed E-state index contributed by atoms with van der Waals surface area (Å²) < 4.78 is 5.03. The second kappa shape index (κ2) is 4.22. The minimum Gasteiger partial charge on any atom is -0.449 e. The van der Waals surface area contributed by atoms with Gasteiger partial charge in [0, 0.05) is 10.4 Å². The molecule has 1 aromatic carbocycles. The number of halogens is 1. The van der Waals surface area contributed by atoms with Crippen molar-refractivity contribution >= 4 is 17.7 Å². The van der Waals surface area contributed by atoms with Crippen LogP contribution in [0.4, 0.5) is 4.79 Å². The third-order valence-electron chi connectivity index (χ3n) is 3.16. The van der Waals surface area contributed by atoms with Gasteiger partial charge in [0.15, 0.2) is 0 Å². The van der Waals surface area contributed by atoms with Gasteiger partial charge in [-0.3, -0.25) is 0 Å². The summed E-state index contributed by atoms with van der Waals surface area (Å²) in [6.07, 6.45) is -0.358. The molecule has 0 radical (unpaired) electrons. The first-order valence-corrected chi connectivity index (χ1v) is 5.97. The summed E-state index contributed by atoms with van der Waals surface area (Å²) in [6, 6.07) is 5.69. The molecule has 0 aliphatic carbocycles. The lowest BCUT2D eigenvalue weighted by atomic mass is 9.79. The fraction of sp³-hybridized carbons (Fsp3) is 0.462. The number of aryl methyl sites for hydroxylation is 1. The van der Waals surface area contributed by atoms with Crippen molar-refractivity contribution in [3.05, 3.63) is 34.3 Å². The van der Waals surface area contributed by atoms with Crippen LogP contribution in [0, 0.1) is 12.3 Å². The molecular formula is C13H16ClNO2. The van der Waals surface area contributed by atoms with E-state index in [1.165, 1.54) is 0 Å². The van der Waals surface area contributed by atoms with Crippen LogP contribution in [0.15, 0.2) is 18.2 Å². The maximum absolute atomic E-state index is 11.4. The van der Waals surface area contributed by atoms with Crippen LogP contribution in [0.1, 0.15) is 31.0 Å². The van der Waals surface area contributed by atoms with E-state index in [-0.39, 0.29) is 17.6 Å². The number of alkyl carbamates (subject to hydrolysis) is 1. The maximum atomic E-state index is 11.4. The van der Waals surface area contributed by atoms with E-state index in [0.717, 1.165) is 11.1 Å². The molecule has 0 aromatic heterocycles. The number of ether oxygens (including phenoxy) is 1. The Morgan fingerprint density at radius 3 is 2.82 bits per heavy atom. The number of hydrogen-bond acceptors (Lipinski definition) is 2. The first-order chi connectivity index (χ1) is 7.90. The Labute approximate surface area is 106 Å². The van der Waals surface area contributed by atoms with Gasteiger partial charge in [-0.1, -0.05) is 31.5 Å². The smallest absolute Gasteiger partial charge is 0.407 e. The SMILES string of the molecule is Cc1cc(Cl)ccc1[C@H]1NC(=O)OCC1(C)C. The van der Waals surface area contributed by atoms with E-state index < -0.39 is 0 Å². The van der Waals surface area contributed by atoms with Crippen LogP contribution in [0.25, 0.3) is 0 Å². The van der Waals surface area contributed by atoms with Crippen LogP contribution in [0.5, 0.6) is 0 Å². The van der Waals surface area contributed by atoms with E-state index in [1.807, 2.05) is 25.1 Å². The Morgan fingerprint density at radius 1 is 1.47 bits per heavy atom. The maximum Gasteiger partial charge on any atom is 0.407 e. The van der Waals surface area contributed by atoms with E-state index >= 15 is 0 Å². The summed E-state index contributed by atoms with van der Waals surface area (Å²) in [4.78, 5) is 11.4. The van der Waals surface area contributed by atoms with Crippen LogP contribution in [-0.4, -0.2) is 12.7 Å². The summed E-state index contributed by atoms with van der Waals surface area (Å²) in [7, 11) is 0. The van der Waals surface area contributed by atoms with Gasteiger partial charge in [-0.2, -0.15) is 0 Å². The van der Waals surface area contributed by atoms with Crippen molar-refractivity contribution in [1.29, 1.82) is 0 Å². The molecule has 2 rings (SSSR count). The molecule has 4 heteroatoms. The molecule has 0 bridgehead atoms. The highest BCUT2D eigenvalue weighted by molar-refractivity contribution is 6.30. The highest BCUT2D eigenvalue weighted by Gasteiger charge is 2.38. The Bertz CT molecular complexity index is 457. The number of cyclic esters (lactones) is 1. The highest BCUT2D eigenvalue weighted by atomic mass is 35.5. The number of hydrogen-bond donors (Lipinski definition) is 1. The quantitative estimate of drug-likeness (QED) is 0.832. The molecule has 1 aliphatic rings. The molecule has 1 N–H and O–H groups in total. The summed E-state index contributed by atoms with van der Waals surface area (Å²) in [6.45, 7) is 6.57. The summed E-state index contributed by atoms with van der Waals surface area (Å²) in [5, 5.41) is 3.59. The molecule has 1 amide bonds. The molecule has 1 aliphatic heterocycles. The first kappa shape index (κ1) is 12.2. The molecule has 1 aromatic rings. The molecule has 1 atom stereocenters. The van der Waals surface area contributed by atoms with Crippen molar-refractivity contribution < 1.29 is 9.53 Å². The Kier molecular flexibility index (Phi) is 3.04. The van der Waals surface area contributed by atoms with Gasteiger partial charge < -0.3 is 10.1 Å².